The van der Waals surface area contributed by atoms with E-state index in [9.17, 15) is 0 Å². The first-order valence-corrected chi connectivity index (χ1v) is 10.6. The SMILES string of the molecule is CCC/C=C/CC[C@H]1CC[C@H](C2CCC(COCC)CC2)CC1. The second kappa shape index (κ2) is 11.3. The number of hydrogen-bond acceptors (Lipinski definition) is 1. The van der Waals surface area contributed by atoms with E-state index < -0.39 is 0 Å². The van der Waals surface area contributed by atoms with Crippen LogP contribution in [0.5, 0.6) is 0 Å². The van der Waals surface area contributed by atoms with Crippen LogP contribution in [0.1, 0.15) is 90.9 Å². The van der Waals surface area contributed by atoms with Gasteiger partial charge in [0.25, 0.3) is 0 Å². The summed E-state index contributed by atoms with van der Waals surface area (Å²) in [6.07, 6.45) is 22.0. The van der Waals surface area contributed by atoms with Crippen molar-refractivity contribution in [2.45, 2.75) is 90.9 Å². The Balaban J connectivity index is 1.58. The smallest absolute Gasteiger partial charge is 0.0494 e. The Labute approximate surface area is 145 Å². The maximum absolute atomic E-state index is 5.62. The Morgan fingerprint density at radius 3 is 1.87 bits per heavy atom. The highest BCUT2D eigenvalue weighted by atomic mass is 16.5. The summed E-state index contributed by atoms with van der Waals surface area (Å²) in [5.74, 6) is 3.97. The quantitative estimate of drug-likeness (QED) is 0.426. The molecule has 2 fully saturated rings. The van der Waals surface area contributed by atoms with Gasteiger partial charge in [-0.1, -0.05) is 38.3 Å². The molecule has 0 aromatic heterocycles. The van der Waals surface area contributed by atoms with Crippen molar-refractivity contribution >= 4 is 0 Å². The number of ether oxygens (including phenoxy) is 1. The summed E-state index contributed by atoms with van der Waals surface area (Å²) in [5, 5.41) is 0. The molecule has 0 unspecified atom stereocenters. The Morgan fingerprint density at radius 2 is 1.30 bits per heavy atom. The average molecular weight is 321 g/mol. The van der Waals surface area contributed by atoms with Crippen LogP contribution in [0.15, 0.2) is 12.2 Å². The van der Waals surface area contributed by atoms with Crippen LogP contribution in [0.25, 0.3) is 0 Å². The van der Waals surface area contributed by atoms with Crippen LogP contribution in [-0.4, -0.2) is 13.2 Å². The van der Waals surface area contributed by atoms with E-state index in [0.29, 0.717) is 0 Å². The van der Waals surface area contributed by atoms with Gasteiger partial charge in [0, 0.05) is 13.2 Å². The fourth-order valence-electron chi connectivity index (χ4n) is 4.79. The molecule has 1 heteroatoms. The molecule has 0 heterocycles. The van der Waals surface area contributed by atoms with Crippen molar-refractivity contribution in [1.29, 1.82) is 0 Å². The largest absolute Gasteiger partial charge is 0.381 e. The van der Waals surface area contributed by atoms with Crippen molar-refractivity contribution in [3.05, 3.63) is 12.2 Å². The zero-order valence-electron chi connectivity index (χ0n) is 15.8. The molecule has 0 aromatic rings. The van der Waals surface area contributed by atoms with E-state index in [-0.39, 0.29) is 0 Å². The van der Waals surface area contributed by atoms with Gasteiger partial charge in [0.15, 0.2) is 0 Å². The lowest BCUT2D eigenvalue weighted by molar-refractivity contribution is 0.0711. The van der Waals surface area contributed by atoms with Crippen LogP contribution in [0, 0.1) is 23.7 Å². The summed E-state index contributed by atoms with van der Waals surface area (Å²) < 4.78 is 5.62. The molecule has 0 radical (unpaired) electrons. The number of hydrogen-bond donors (Lipinski definition) is 0. The first kappa shape index (κ1) is 19.0. The third-order valence-corrected chi connectivity index (χ3v) is 6.37. The molecule has 2 saturated carbocycles. The highest BCUT2D eigenvalue weighted by Crippen LogP contribution is 2.42. The maximum Gasteiger partial charge on any atom is 0.0494 e. The van der Waals surface area contributed by atoms with Crippen molar-refractivity contribution < 1.29 is 4.74 Å². The highest BCUT2D eigenvalue weighted by Gasteiger charge is 2.30. The van der Waals surface area contributed by atoms with E-state index in [2.05, 4.69) is 26.0 Å². The van der Waals surface area contributed by atoms with Crippen LogP contribution in [0.4, 0.5) is 0 Å². The monoisotopic (exact) mass is 320 g/mol. The van der Waals surface area contributed by atoms with E-state index in [4.69, 9.17) is 4.74 Å². The van der Waals surface area contributed by atoms with Crippen LogP contribution >= 0.6 is 0 Å². The van der Waals surface area contributed by atoms with Gasteiger partial charge < -0.3 is 4.74 Å². The molecule has 2 aliphatic rings. The van der Waals surface area contributed by atoms with Gasteiger partial charge in [-0.05, 0) is 88.4 Å². The Hall–Kier alpha value is -0.300. The first-order valence-electron chi connectivity index (χ1n) is 10.6. The molecule has 0 spiro atoms. The van der Waals surface area contributed by atoms with Crippen molar-refractivity contribution in [2.75, 3.05) is 13.2 Å². The predicted molar refractivity (Wildman–Crippen MR) is 101 cm³/mol. The van der Waals surface area contributed by atoms with Gasteiger partial charge in [-0.2, -0.15) is 0 Å². The van der Waals surface area contributed by atoms with Gasteiger partial charge in [0.05, 0.1) is 0 Å². The molecule has 0 aliphatic heterocycles. The van der Waals surface area contributed by atoms with Gasteiger partial charge in [-0.15, -0.1) is 0 Å². The molecular weight excluding hydrogens is 280 g/mol. The molecule has 0 saturated heterocycles. The standard InChI is InChI=1S/C22H40O/c1-3-5-6-7-8-9-19-10-14-21(15-11-19)22-16-12-20(13-17-22)18-23-4-2/h6-7,19-22H,3-5,8-18H2,1-2H3/b7-6+/t19-,20?,21-,22?. The molecule has 2 rings (SSSR count). The molecule has 0 atom stereocenters. The molecule has 23 heavy (non-hydrogen) atoms. The van der Waals surface area contributed by atoms with Crippen molar-refractivity contribution in [1.82, 2.24) is 0 Å². The lowest BCUT2D eigenvalue weighted by Crippen LogP contribution is -2.27. The summed E-state index contributed by atoms with van der Waals surface area (Å²) in [6, 6.07) is 0. The highest BCUT2D eigenvalue weighted by molar-refractivity contribution is 4.85. The zero-order valence-corrected chi connectivity index (χ0v) is 15.8. The molecular formula is C22H40O. The summed E-state index contributed by atoms with van der Waals surface area (Å²) in [7, 11) is 0. The van der Waals surface area contributed by atoms with Crippen LogP contribution in [0.3, 0.4) is 0 Å². The van der Waals surface area contributed by atoms with Crippen molar-refractivity contribution in [2.24, 2.45) is 23.7 Å². The van der Waals surface area contributed by atoms with Crippen LogP contribution in [0.2, 0.25) is 0 Å². The summed E-state index contributed by atoms with van der Waals surface area (Å²) >= 11 is 0. The van der Waals surface area contributed by atoms with Crippen LogP contribution < -0.4 is 0 Å². The lowest BCUT2D eigenvalue weighted by atomic mass is 9.69. The van der Waals surface area contributed by atoms with E-state index in [1.807, 2.05) is 0 Å². The average Bonchev–Trinajstić information content (AvgIpc) is 2.61. The van der Waals surface area contributed by atoms with Crippen molar-refractivity contribution in [3.8, 4) is 0 Å². The fraction of sp³-hybridized carbons (Fsp3) is 0.909. The molecule has 1 nitrogen and oxygen atoms in total. The number of unbranched alkanes of at least 4 members (excludes halogenated alkanes) is 1. The normalized spacial score (nSPS) is 32.4. The van der Waals surface area contributed by atoms with Crippen molar-refractivity contribution in [3.63, 3.8) is 0 Å². The summed E-state index contributed by atoms with van der Waals surface area (Å²) in [5.41, 5.74) is 0. The molecule has 2 aliphatic carbocycles. The third kappa shape index (κ3) is 6.99. The van der Waals surface area contributed by atoms with Gasteiger partial charge in [-0.25, -0.2) is 0 Å². The van der Waals surface area contributed by atoms with Gasteiger partial charge in [-0.3, -0.25) is 0 Å². The number of allylic oxidation sites excluding steroid dienone is 2. The number of rotatable bonds is 9. The third-order valence-electron chi connectivity index (χ3n) is 6.37. The fourth-order valence-corrected chi connectivity index (χ4v) is 4.79. The Kier molecular flexibility index (Phi) is 9.34. The molecule has 0 N–H and O–H groups in total. The molecule has 0 bridgehead atoms. The minimum Gasteiger partial charge on any atom is -0.381 e. The van der Waals surface area contributed by atoms with E-state index in [1.54, 1.807) is 0 Å². The van der Waals surface area contributed by atoms with Crippen LogP contribution in [-0.2, 0) is 4.74 Å². The van der Waals surface area contributed by atoms with E-state index in [0.717, 1.165) is 36.9 Å². The van der Waals surface area contributed by atoms with E-state index in [1.165, 1.54) is 77.0 Å². The minimum atomic E-state index is 0.859. The lowest BCUT2D eigenvalue weighted by Gasteiger charge is -2.37. The maximum atomic E-state index is 5.62. The zero-order chi connectivity index (χ0) is 16.3. The first-order chi connectivity index (χ1) is 11.3. The Morgan fingerprint density at radius 1 is 0.739 bits per heavy atom. The Bertz CT molecular complexity index is 306. The summed E-state index contributed by atoms with van der Waals surface area (Å²) in [6.45, 7) is 6.28. The van der Waals surface area contributed by atoms with Gasteiger partial charge in [0.1, 0.15) is 0 Å². The molecule has 134 valence electrons. The second-order valence-electron chi connectivity index (χ2n) is 8.06. The predicted octanol–water partition coefficient (Wildman–Crippen LogP) is 6.77. The second-order valence-corrected chi connectivity index (χ2v) is 8.06. The van der Waals surface area contributed by atoms with Gasteiger partial charge >= 0.3 is 0 Å². The molecule has 0 amide bonds. The summed E-state index contributed by atoms with van der Waals surface area (Å²) in [4.78, 5) is 0. The minimum absolute atomic E-state index is 0.859. The van der Waals surface area contributed by atoms with E-state index >= 15 is 0 Å². The van der Waals surface area contributed by atoms with Gasteiger partial charge in [0.2, 0.25) is 0 Å². The molecule has 0 aromatic carbocycles. The topological polar surface area (TPSA) is 9.23 Å².